The summed E-state index contributed by atoms with van der Waals surface area (Å²) in [5, 5.41) is 9.45. The molecule has 0 spiro atoms. The zero-order chi connectivity index (χ0) is 13.8. The van der Waals surface area contributed by atoms with E-state index in [2.05, 4.69) is 5.43 Å². The number of hydrogen-bond donors (Lipinski definition) is 3. The molecule has 0 aromatic heterocycles. The van der Waals surface area contributed by atoms with Crippen molar-refractivity contribution in [3.8, 4) is 0 Å². The molecule has 1 aliphatic heterocycles. The lowest BCUT2D eigenvalue weighted by Gasteiger charge is -2.40. The zero-order valence-corrected chi connectivity index (χ0v) is 11.5. The average molecular weight is 259 g/mol. The van der Waals surface area contributed by atoms with Crippen LogP contribution >= 0.6 is 0 Å². The maximum atomic E-state index is 11.9. The first kappa shape index (κ1) is 15.2. The summed E-state index contributed by atoms with van der Waals surface area (Å²) in [4.78, 5) is 13.6. The van der Waals surface area contributed by atoms with E-state index >= 15 is 0 Å². The molecule has 6 heteroatoms. The second kappa shape index (κ2) is 5.86. The highest BCUT2D eigenvalue weighted by Crippen LogP contribution is 2.30. The van der Waals surface area contributed by atoms with Gasteiger partial charge in [-0.3, -0.25) is 11.3 Å². The number of likely N-dealkylation sites (tertiary alicyclic amines) is 1. The quantitative estimate of drug-likeness (QED) is 0.506. The van der Waals surface area contributed by atoms with Crippen LogP contribution in [0.5, 0.6) is 0 Å². The van der Waals surface area contributed by atoms with E-state index in [9.17, 15) is 9.90 Å². The minimum Gasteiger partial charge on any atom is -0.444 e. The van der Waals surface area contributed by atoms with Gasteiger partial charge in [0.05, 0.1) is 6.61 Å². The van der Waals surface area contributed by atoms with Gasteiger partial charge >= 0.3 is 6.09 Å². The molecule has 0 atom stereocenters. The van der Waals surface area contributed by atoms with E-state index in [1.165, 1.54) is 0 Å². The van der Waals surface area contributed by atoms with Crippen LogP contribution in [-0.2, 0) is 4.74 Å². The second-order valence-electron chi connectivity index (χ2n) is 6.01. The number of nitrogens with zero attached hydrogens (tertiary/aromatic N) is 1. The Bertz CT molecular complexity index is 281. The summed E-state index contributed by atoms with van der Waals surface area (Å²) >= 11 is 0. The molecule has 1 heterocycles. The first-order chi connectivity index (χ1) is 8.32. The predicted octanol–water partition coefficient (Wildman–Crippen LogP) is 0.459. The topological polar surface area (TPSA) is 87.8 Å². The van der Waals surface area contributed by atoms with Gasteiger partial charge in [-0.05, 0) is 33.6 Å². The van der Waals surface area contributed by atoms with E-state index in [1.807, 2.05) is 20.8 Å². The minimum atomic E-state index is -0.471. The van der Waals surface area contributed by atoms with Crippen LogP contribution < -0.4 is 11.3 Å². The Balaban J connectivity index is 2.50. The molecule has 1 aliphatic rings. The number of hydrazine groups is 1. The number of aliphatic hydroxyl groups is 1. The van der Waals surface area contributed by atoms with Gasteiger partial charge in [-0.2, -0.15) is 0 Å². The molecular formula is C12H25N3O3. The lowest BCUT2D eigenvalue weighted by atomic mass is 9.79. The summed E-state index contributed by atoms with van der Waals surface area (Å²) < 4.78 is 5.32. The van der Waals surface area contributed by atoms with Crippen LogP contribution in [0.25, 0.3) is 0 Å². The zero-order valence-electron chi connectivity index (χ0n) is 11.5. The number of nitrogens with two attached hydrogens (primary N) is 1. The van der Waals surface area contributed by atoms with Crippen molar-refractivity contribution in [2.45, 2.75) is 39.2 Å². The number of aliphatic hydroxyl groups excluding tert-OH is 1. The largest absolute Gasteiger partial charge is 0.444 e. The van der Waals surface area contributed by atoms with Crippen molar-refractivity contribution in [1.29, 1.82) is 0 Å². The molecular weight excluding hydrogens is 234 g/mol. The van der Waals surface area contributed by atoms with E-state index in [-0.39, 0.29) is 18.1 Å². The van der Waals surface area contributed by atoms with Crippen LogP contribution in [0, 0.1) is 5.41 Å². The van der Waals surface area contributed by atoms with Gasteiger partial charge in [0.2, 0.25) is 0 Å². The second-order valence-corrected chi connectivity index (χ2v) is 6.01. The van der Waals surface area contributed by atoms with Gasteiger partial charge in [0.15, 0.2) is 0 Å². The standard InChI is InChI=1S/C12H25N3O3/c1-11(2,3)18-10(17)15-6-4-12(9-16,5-7-15)8-14-13/h14,16H,4-9,13H2,1-3H3. The van der Waals surface area contributed by atoms with Crippen molar-refractivity contribution in [3.63, 3.8) is 0 Å². The van der Waals surface area contributed by atoms with Crippen LogP contribution in [0.15, 0.2) is 0 Å². The molecule has 4 N–H and O–H groups in total. The van der Waals surface area contributed by atoms with Crippen molar-refractivity contribution in [2.24, 2.45) is 11.3 Å². The Morgan fingerprint density at radius 2 is 2.00 bits per heavy atom. The molecule has 6 nitrogen and oxygen atoms in total. The molecule has 0 aromatic rings. The summed E-state index contributed by atoms with van der Waals surface area (Å²) in [5.74, 6) is 5.33. The van der Waals surface area contributed by atoms with Crippen molar-refractivity contribution >= 4 is 6.09 Å². The Morgan fingerprint density at radius 3 is 2.39 bits per heavy atom. The lowest BCUT2D eigenvalue weighted by Crippen LogP contribution is -2.50. The molecule has 0 saturated carbocycles. The average Bonchev–Trinajstić information content (AvgIpc) is 2.28. The maximum absolute atomic E-state index is 11.9. The molecule has 1 saturated heterocycles. The first-order valence-electron chi connectivity index (χ1n) is 6.34. The van der Waals surface area contributed by atoms with E-state index < -0.39 is 5.60 Å². The number of carbonyl (C=O) groups excluding carboxylic acids is 1. The fourth-order valence-electron chi connectivity index (χ4n) is 2.10. The van der Waals surface area contributed by atoms with Crippen LogP contribution in [0.1, 0.15) is 33.6 Å². The monoisotopic (exact) mass is 259 g/mol. The Labute approximate surface area is 108 Å². The van der Waals surface area contributed by atoms with Gasteiger partial charge in [-0.25, -0.2) is 4.79 Å². The molecule has 0 aliphatic carbocycles. The number of rotatable bonds is 3. The van der Waals surface area contributed by atoms with Gasteiger partial charge < -0.3 is 14.7 Å². The van der Waals surface area contributed by atoms with Gasteiger partial charge in [-0.15, -0.1) is 0 Å². The molecule has 0 radical (unpaired) electrons. The number of hydrogen-bond acceptors (Lipinski definition) is 5. The first-order valence-corrected chi connectivity index (χ1v) is 6.34. The molecule has 106 valence electrons. The summed E-state index contributed by atoms with van der Waals surface area (Å²) in [6, 6.07) is 0. The molecule has 1 fully saturated rings. The third-order valence-electron chi connectivity index (χ3n) is 3.29. The fourth-order valence-corrected chi connectivity index (χ4v) is 2.10. The summed E-state index contributed by atoms with van der Waals surface area (Å²) in [6.07, 6.45) is 1.18. The molecule has 0 unspecified atom stereocenters. The van der Waals surface area contributed by atoms with Gasteiger partial charge in [0, 0.05) is 25.0 Å². The Kier molecular flexibility index (Phi) is 4.95. The predicted molar refractivity (Wildman–Crippen MR) is 68.7 cm³/mol. The Morgan fingerprint density at radius 1 is 1.44 bits per heavy atom. The number of nitrogens with one attached hydrogen (secondary N) is 1. The minimum absolute atomic E-state index is 0.0827. The van der Waals surface area contributed by atoms with E-state index in [0.29, 0.717) is 19.6 Å². The van der Waals surface area contributed by atoms with Crippen LogP contribution in [0.2, 0.25) is 0 Å². The molecule has 1 amide bonds. The van der Waals surface area contributed by atoms with Crippen molar-refractivity contribution in [3.05, 3.63) is 0 Å². The highest BCUT2D eigenvalue weighted by molar-refractivity contribution is 5.68. The summed E-state index contributed by atoms with van der Waals surface area (Å²) in [5.41, 5.74) is 1.93. The number of ether oxygens (including phenoxy) is 1. The van der Waals surface area contributed by atoms with Crippen molar-refractivity contribution < 1.29 is 14.6 Å². The van der Waals surface area contributed by atoms with E-state index in [1.54, 1.807) is 4.90 Å². The van der Waals surface area contributed by atoms with Gasteiger partial charge in [-0.1, -0.05) is 0 Å². The van der Waals surface area contributed by atoms with E-state index in [4.69, 9.17) is 10.6 Å². The lowest BCUT2D eigenvalue weighted by molar-refractivity contribution is -0.0000212. The van der Waals surface area contributed by atoms with E-state index in [0.717, 1.165) is 12.8 Å². The highest BCUT2D eigenvalue weighted by Gasteiger charge is 2.36. The fraction of sp³-hybridized carbons (Fsp3) is 0.917. The van der Waals surface area contributed by atoms with Crippen molar-refractivity contribution in [1.82, 2.24) is 10.3 Å². The highest BCUT2D eigenvalue weighted by atomic mass is 16.6. The number of carbonyl (C=O) groups is 1. The summed E-state index contributed by atoms with van der Waals surface area (Å²) in [6.45, 7) is 7.39. The van der Waals surface area contributed by atoms with Gasteiger partial charge in [0.1, 0.15) is 5.60 Å². The van der Waals surface area contributed by atoms with Crippen LogP contribution in [0.4, 0.5) is 4.79 Å². The van der Waals surface area contributed by atoms with Gasteiger partial charge in [0.25, 0.3) is 0 Å². The number of amides is 1. The smallest absolute Gasteiger partial charge is 0.410 e. The summed E-state index contributed by atoms with van der Waals surface area (Å²) in [7, 11) is 0. The Hall–Kier alpha value is -0.850. The van der Waals surface area contributed by atoms with Crippen LogP contribution in [0.3, 0.4) is 0 Å². The third kappa shape index (κ3) is 4.12. The maximum Gasteiger partial charge on any atom is 0.410 e. The molecule has 18 heavy (non-hydrogen) atoms. The van der Waals surface area contributed by atoms with Crippen molar-refractivity contribution in [2.75, 3.05) is 26.2 Å². The molecule has 0 bridgehead atoms. The number of piperidine rings is 1. The molecule has 0 aromatic carbocycles. The normalized spacial score (nSPS) is 19.7. The van der Waals surface area contributed by atoms with Crippen LogP contribution in [-0.4, -0.2) is 47.9 Å². The molecule has 1 rings (SSSR count). The third-order valence-corrected chi connectivity index (χ3v) is 3.29. The SMILES string of the molecule is CC(C)(C)OC(=O)N1CCC(CO)(CNN)CC1.